The highest BCUT2D eigenvalue weighted by Gasteiger charge is 2.12. The van der Waals surface area contributed by atoms with Crippen molar-refractivity contribution in [2.24, 2.45) is 0 Å². The molecule has 0 radical (unpaired) electrons. The van der Waals surface area contributed by atoms with E-state index in [9.17, 15) is 0 Å². The molecule has 0 fully saturated rings. The van der Waals surface area contributed by atoms with Gasteiger partial charge >= 0.3 is 0 Å². The molecule has 0 saturated heterocycles. The third kappa shape index (κ3) is 2.23. The van der Waals surface area contributed by atoms with Crippen LogP contribution in [0.1, 0.15) is 11.3 Å². The summed E-state index contributed by atoms with van der Waals surface area (Å²) in [5.74, 6) is 1.70. The quantitative estimate of drug-likeness (QED) is 0.735. The highest BCUT2D eigenvalue weighted by atomic mass is 16.5. The molecule has 3 aromatic rings. The molecule has 0 spiro atoms. The Kier molecular flexibility index (Phi) is 3.29. The summed E-state index contributed by atoms with van der Waals surface area (Å²) in [5.41, 5.74) is 4.24. The Morgan fingerprint density at radius 1 is 0.905 bits per heavy atom. The van der Waals surface area contributed by atoms with Crippen molar-refractivity contribution < 1.29 is 9.47 Å². The van der Waals surface area contributed by atoms with Crippen LogP contribution >= 0.6 is 0 Å². The molecule has 0 aliphatic rings. The standard InChI is InChI=1S/C17H18N2O2/c1-11-9-13(20-3)6-8-17(11)19-12(2)15-10-14(21-4)5-7-16(15)18-19/h5-10H,1-4H3. The lowest BCUT2D eigenvalue weighted by molar-refractivity contribution is 0.414. The number of benzene rings is 2. The van der Waals surface area contributed by atoms with Gasteiger partial charge in [0.15, 0.2) is 0 Å². The molecule has 1 aromatic heterocycles. The zero-order chi connectivity index (χ0) is 15.0. The zero-order valence-electron chi connectivity index (χ0n) is 12.7. The van der Waals surface area contributed by atoms with Crippen molar-refractivity contribution in [3.8, 4) is 17.2 Å². The molecule has 1 heterocycles. The lowest BCUT2D eigenvalue weighted by Crippen LogP contribution is -2.01. The smallest absolute Gasteiger partial charge is 0.119 e. The Morgan fingerprint density at radius 2 is 1.57 bits per heavy atom. The fraction of sp³-hybridized carbons (Fsp3) is 0.235. The van der Waals surface area contributed by atoms with Crippen molar-refractivity contribution >= 4 is 10.9 Å². The minimum atomic E-state index is 0.844. The van der Waals surface area contributed by atoms with Crippen molar-refractivity contribution in [2.45, 2.75) is 13.8 Å². The third-order valence-electron chi connectivity index (χ3n) is 3.75. The Balaban J connectivity index is 2.18. The molecule has 0 unspecified atom stereocenters. The maximum Gasteiger partial charge on any atom is 0.119 e. The monoisotopic (exact) mass is 282 g/mol. The van der Waals surface area contributed by atoms with Gasteiger partial charge in [-0.3, -0.25) is 0 Å². The van der Waals surface area contributed by atoms with Crippen LogP contribution in [-0.2, 0) is 0 Å². The molecule has 0 bridgehead atoms. The highest BCUT2D eigenvalue weighted by molar-refractivity contribution is 5.83. The number of rotatable bonds is 3. The fourth-order valence-electron chi connectivity index (χ4n) is 2.54. The molecule has 0 saturated carbocycles. The topological polar surface area (TPSA) is 36.3 Å². The average molecular weight is 282 g/mol. The van der Waals surface area contributed by atoms with E-state index in [1.54, 1.807) is 14.2 Å². The maximum atomic E-state index is 5.29. The molecule has 108 valence electrons. The summed E-state index contributed by atoms with van der Waals surface area (Å²) < 4.78 is 12.5. The predicted molar refractivity (Wildman–Crippen MR) is 83.6 cm³/mol. The number of aryl methyl sites for hydroxylation is 2. The zero-order valence-corrected chi connectivity index (χ0v) is 12.7. The van der Waals surface area contributed by atoms with Crippen LogP contribution in [0.4, 0.5) is 0 Å². The Hall–Kier alpha value is -2.49. The van der Waals surface area contributed by atoms with E-state index in [1.807, 2.05) is 41.1 Å². The van der Waals surface area contributed by atoms with E-state index < -0.39 is 0 Å². The summed E-state index contributed by atoms with van der Waals surface area (Å²) in [6.07, 6.45) is 0. The summed E-state index contributed by atoms with van der Waals surface area (Å²) >= 11 is 0. The number of hydrogen-bond donors (Lipinski definition) is 0. The van der Waals surface area contributed by atoms with Crippen LogP contribution < -0.4 is 9.47 Å². The van der Waals surface area contributed by atoms with Gasteiger partial charge in [0.05, 0.1) is 25.4 Å². The first kappa shape index (κ1) is 13.5. The van der Waals surface area contributed by atoms with Gasteiger partial charge in [-0.2, -0.15) is 5.10 Å². The number of fused-ring (bicyclic) bond motifs is 1. The van der Waals surface area contributed by atoms with Crippen molar-refractivity contribution in [3.63, 3.8) is 0 Å². The van der Waals surface area contributed by atoms with Crippen LogP contribution in [0.15, 0.2) is 36.4 Å². The number of aromatic nitrogens is 2. The molecule has 2 aromatic carbocycles. The number of ether oxygens (including phenoxy) is 2. The molecule has 0 atom stereocenters. The molecular weight excluding hydrogens is 264 g/mol. The summed E-state index contributed by atoms with van der Waals surface area (Å²) in [7, 11) is 3.35. The Bertz CT molecular complexity index is 806. The molecule has 0 N–H and O–H groups in total. The largest absolute Gasteiger partial charge is 0.497 e. The summed E-state index contributed by atoms with van der Waals surface area (Å²) in [6, 6.07) is 11.9. The first-order chi connectivity index (χ1) is 10.1. The van der Waals surface area contributed by atoms with E-state index in [4.69, 9.17) is 14.6 Å². The number of nitrogens with zero attached hydrogens (tertiary/aromatic N) is 2. The van der Waals surface area contributed by atoms with E-state index in [-0.39, 0.29) is 0 Å². The van der Waals surface area contributed by atoms with Gasteiger partial charge in [-0.15, -0.1) is 0 Å². The highest BCUT2D eigenvalue weighted by Crippen LogP contribution is 2.27. The molecule has 21 heavy (non-hydrogen) atoms. The predicted octanol–water partition coefficient (Wildman–Crippen LogP) is 3.66. The van der Waals surface area contributed by atoms with Crippen LogP contribution in [0.2, 0.25) is 0 Å². The van der Waals surface area contributed by atoms with Crippen molar-refractivity contribution in [1.82, 2.24) is 9.78 Å². The molecule has 0 aliphatic heterocycles. The van der Waals surface area contributed by atoms with Gasteiger partial charge in [0.1, 0.15) is 11.5 Å². The van der Waals surface area contributed by atoms with Crippen LogP contribution in [0, 0.1) is 13.8 Å². The van der Waals surface area contributed by atoms with E-state index in [2.05, 4.69) is 13.8 Å². The second kappa shape index (κ2) is 5.13. The van der Waals surface area contributed by atoms with Gasteiger partial charge in [0.2, 0.25) is 0 Å². The SMILES string of the molecule is COc1ccc(-n2nc3ccc(OC)cc3c2C)c(C)c1. The second-order valence-electron chi connectivity index (χ2n) is 5.03. The van der Waals surface area contributed by atoms with Gasteiger partial charge in [-0.1, -0.05) is 0 Å². The molecule has 0 amide bonds. The van der Waals surface area contributed by atoms with Crippen LogP contribution in [-0.4, -0.2) is 24.0 Å². The van der Waals surface area contributed by atoms with Crippen LogP contribution in [0.25, 0.3) is 16.6 Å². The molecular formula is C17H18N2O2. The summed E-state index contributed by atoms with van der Waals surface area (Å²) in [4.78, 5) is 0. The molecule has 0 aliphatic carbocycles. The summed E-state index contributed by atoms with van der Waals surface area (Å²) in [6.45, 7) is 4.13. The third-order valence-corrected chi connectivity index (χ3v) is 3.75. The summed E-state index contributed by atoms with van der Waals surface area (Å²) in [5, 5.41) is 5.80. The first-order valence-corrected chi connectivity index (χ1v) is 6.82. The van der Waals surface area contributed by atoms with Crippen molar-refractivity contribution in [2.75, 3.05) is 14.2 Å². The normalized spacial score (nSPS) is 10.9. The maximum absolute atomic E-state index is 5.29. The number of methoxy groups -OCH3 is 2. The molecule has 4 nitrogen and oxygen atoms in total. The Morgan fingerprint density at radius 3 is 2.24 bits per heavy atom. The van der Waals surface area contributed by atoms with E-state index >= 15 is 0 Å². The minimum Gasteiger partial charge on any atom is -0.497 e. The Labute approximate surface area is 123 Å². The van der Waals surface area contributed by atoms with Crippen molar-refractivity contribution in [1.29, 1.82) is 0 Å². The van der Waals surface area contributed by atoms with Gasteiger partial charge in [-0.25, -0.2) is 4.68 Å². The van der Waals surface area contributed by atoms with Crippen molar-refractivity contribution in [3.05, 3.63) is 47.7 Å². The van der Waals surface area contributed by atoms with Gasteiger partial charge in [0, 0.05) is 11.1 Å². The second-order valence-corrected chi connectivity index (χ2v) is 5.03. The average Bonchev–Trinajstić information content (AvgIpc) is 2.83. The molecule has 3 rings (SSSR count). The van der Waals surface area contributed by atoms with Crippen LogP contribution in [0.5, 0.6) is 11.5 Å². The lowest BCUT2D eigenvalue weighted by atomic mass is 10.1. The van der Waals surface area contributed by atoms with Gasteiger partial charge in [-0.05, 0) is 55.8 Å². The number of hydrogen-bond acceptors (Lipinski definition) is 3. The van der Waals surface area contributed by atoms with E-state index in [1.165, 1.54) is 0 Å². The fourth-order valence-corrected chi connectivity index (χ4v) is 2.54. The minimum absolute atomic E-state index is 0.844. The van der Waals surface area contributed by atoms with Gasteiger partial charge < -0.3 is 9.47 Å². The van der Waals surface area contributed by atoms with Crippen LogP contribution in [0.3, 0.4) is 0 Å². The van der Waals surface area contributed by atoms with Gasteiger partial charge in [0.25, 0.3) is 0 Å². The van der Waals surface area contributed by atoms with E-state index in [0.29, 0.717) is 0 Å². The first-order valence-electron chi connectivity index (χ1n) is 6.82. The molecule has 4 heteroatoms. The van der Waals surface area contributed by atoms with E-state index in [0.717, 1.165) is 39.3 Å². The lowest BCUT2D eigenvalue weighted by Gasteiger charge is -2.09.